The third kappa shape index (κ3) is 30.3. The largest absolute Gasteiger partial charge is 0.416 e. The van der Waals surface area contributed by atoms with Crippen molar-refractivity contribution in [1.82, 2.24) is 9.78 Å². The van der Waals surface area contributed by atoms with Gasteiger partial charge in [0.25, 0.3) is 0 Å². The maximum atomic E-state index is 12.4. The van der Waals surface area contributed by atoms with Gasteiger partial charge in [-0.2, -0.15) is 18.3 Å². The summed E-state index contributed by atoms with van der Waals surface area (Å²) in [6.07, 6.45) is 18.0. The predicted octanol–water partition coefficient (Wildman–Crippen LogP) is 14.5. The molecule has 0 N–H and O–H groups in total. The molecule has 2 nitrogen and oxygen atoms in total. The SMILES string of the molecule is CCCC.CCCC.CCCCCC(C)CC.CCCCCCCCC.Cc1cc(C)n(Cc2ccc(C(F)(F)F)cc2)n1. The minimum absolute atomic E-state index is 0.484. The molecule has 0 radical (unpaired) electrons. The first kappa shape index (κ1) is 46.6. The van der Waals surface area contributed by atoms with Crippen molar-refractivity contribution >= 4 is 0 Å². The molecule has 1 unspecified atom stereocenters. The number of nitrogens with zero attached hydrogens (tertiary/aromatic N) is 2. The van der Waals surface area contributed by atoms with Gasteiger partial charge in [0.15, 0.2) is 0 Å². The van der Waals surface area contributed by atoms with Crippen molar-refractivity contribution in [2.45, 2.75) is 192 Å². The minimum atomic E-state index is -4.28. The predicted molar refractivity (Wildman–Crippen MR) is 191 cm³/mol. The Hall–Kier alpha value is -1.78. The van der Waals surface area contributed by atoms with Gasteiger partial charge in [0.05, 0.1) is 17.8 Å². The monoisotopic (exact) mass is 627 g/mol. The fourth-order valence-electron chi connectivity index (χ4n) is 3.78. The van der Waals surface area contributed by atoms with Gasteiger partial charge in [0, 0.05) is 5.69 Å². The van der Waals surface area contributed by atoms with E-state index in [0.717, 1.165) is 35.0 Å². The van der Waals surface area contributed by atoms with Crippen LogP contribution in [0.5, 0.6) is 0 Å². The Morgan fingerprint density at radius 1 is 0.636 bits per heavy atom. The number of hydrogen-bond acceptors (Lipinski definition) is 1. The van der Waals surface area contributed by atoms with Crippen molar-refractivity contribution in [1.29, 1.82) is 0 Å². The molecule has 0 amide bonds. The summed E-state index contributed by atoms with van der Waals surface area (Å²) in [7, 11) is 0. The third-order valence-corrected chi connectivity index (χ3v) is 7.42. The van der Waals surface area contributed by atoms with Gasteiger partial charge in [-0.15, -0.1) is 0 Å². The topological polar surface area (TPSA) is 17.8 Å². The fourth-order valence-corrected chi connectivity index (χ4v) is 3.78. The standard InChI is InChI=1S/C13H13F3N2.2C9H20.2C4H10/c1-9-7-10(2)18(17-9)8-11-3-5-12(6-4-11)13(14,15)16;1-4-6-7-8-9(3)5-2;1-3-5-7-9-8-6-4-2;2*1-3-4-2/h3-7H,8H2,1-2H3;9H,4-8H2,1-3H3;3-9H2,1-2H3;2*3-4H2,1-2H3. The first-order chi connectivity index (χ1) is 20.9. The number of unbranched alkanes of at least 4 members (excludes halogenated alkanes) is 10. The molecule has 2 aromatic rings. The average molecular weight is 627 g/mol. The van der Waals surface area contributed by atoms with Crippen LogP contribution in [-0.4, -0.2) is 9.78 Å². The second-order valence-electron chi connectivity index (χ2n) is 12.1. The van der Waals surface area contributed by atoms with Gasteiger partial charge in [-0.25, -0.2) is 0 Å². The summed E-state index contributed by atoms with van der Waals surface area (Å²) in [5.41, 5.74) is 2.07. The number of aromatic nitrogens is 2. The highest BCUT2D eigenvalue weighted by atomic mass is 19.4. The molecule has 2 rings (SSSR count). The molecular weight excluding hydrogens is 553 g/mol. The smallest absolute Gasteiger partial charge is 0.265 e. The van der Waals surface area contributed by atoms with Crippen molar-refractivity contribution in [3.8, 4) is 0 Å². The van der Waals surface area contributed by atoms with Crippen LogP contribution in [-0.2, 0) is 12.7 Å². The van der Waals surface area contributed by atoms with Gasteiger partial charge >= 0.3 is 6.18 Å². The normalized spacial score (nSPS) is 11.0. The van der Waals surface area contributed by atoms with E-state index in [-0.39, 0.29) is 0 Å². The van der Waals surface area contributed by atoms with E-state index in [1.54, 1.807) is 4.68 Å². The van der Waals surface area contributed by atoms with Crippen molar-refractivity contribution in [2.24, 2.45) is 5.92 Å². The Balaban J connectivity index is -0.000000549. The van der Waals surface area contributed by atoms with Crippen LogP contribution < -0.4 is 0 Å². The highest BCUT2D eigenvalue weighted by molar-refractivity contribution is 5.25. The molecule has 260 valence electrons. The lowest BCUT2D eigenvalue weighted by Crippen LogP contribution is -2.07. The third-order valence-electron chi connectivity index (χ3n) is 7.42. The highest BCUT2D eigenvalue weighted by Gasteiger charge is 2.29. The molecule has 1 atom stereocenters. The average Bonchev–Trinajstić information content (AvgIpc) is 3.33. The lowest BCUT2D eigenvalue weighted by Gasteiger charge is -2.08. The first-order valence-electron chi connectivity index (χ1n) is 18.1. The van der Waals surface area contributed by atoms with E-state index in [1.165, 1.54) is 115 Å². The Morgan fingerprint density at radius 3 is 1.41 bits per heavy atom. The number of halogens is 3. The van der Waals surface area contributed by atoms with Crippen LogP contribution in [0, 0.1) is 19.8 Å². The van der Waals surface area contributed by atoms with Crippen LogP contribution in [0.1, 0.15) is 188 Å². The molecule has 1 aromatic carbocycles. The van der Waals surface area contributed by atoms with Gasteiger partial charge in [0.2, 0.25) is 0 Å². The second-order valence-corrected chi connectivity index (χ2v) is 12.1. The molecule has 0 saturated heterocycles. The van der Waals surface area contributed by atoms with Crippen LogP contribution in [0.25, 0.3) is 0 Å². The summed E-state index contributed by atoms with van der Waals surface area (Å²) in [4.78, 5) is 0. The number of alkyl halides is 3. The summed E-state index contributed by atoms with van der Waals surface area (Å²) >= 11 is 0. The van der Waals surface area contributed by atoms with Crippen LogP contribution >= 0.6 is 0 Å². The summed E-state index contributed by atoms with van der Waals surface area (Å²) in [5.74, 6) is 0.955. The fraction of sp³-hybridized carbons (Fsp3) is 0.769. The zero-order valence-corrected chi connectivity index (χ0v) is 31.0. The molecule has 0 saturated carbocycles. The lowest BCUT2D eigenvalue weighted by molar-refractivity contribution is -0.137. The highest BCUT2D eigenvalue weighted by Crippen LogP contribution is 2.29. The molecule has 0 bridgehead atoms. The van der Waals surface area contributed by atoms with E-state index in [4.69, 9.17) is 0 Å². The molecule has 0 spiro atoms. The number of aryl methyl sites for hydroxylation is 2. The van der Waals surface area contributed by atoms with Crippen molar-refractivity contribution in [2.75, 3.05) is 0 Å². The molecule has 44 heavy (non-hydrogen) atoms. The first-order valence-corrected chi connectivity index (χ1v) is 18.1. The Kier molecular flexibility index (Phi) is 34.6. The number of hydrogen-bond donors (Lipinski definition) is 0. The van der Waals surface area contributed by atoms with Gasteiger partial charge in [-0.1, -0.05) is 177 Å². The number of rotatable bonds is 15. The van der Waals surface area contributed by atoms with E-state index >= 15 is 0 Å². The molecule has 0 fully saturated rings. The van der Waals surface area contributed by atoms with E-state index in [1.807, 2.05) is 19.9 Å². The van der Waals surface area contributed by atoms with Gasteiger partial charge in [0.1, 0.15) is 0 Å². The van der Waals surface area contributed by atoms with Crippen molar-refractivity contribution in [3.63, 3.8) is 0 Å². The molecule has 1 heterocycles. The van der Waals surface area contributed by atoms with Crippen LogP contribution in [0.15, 0.2) is 30.3 Å². The van der Waals surface area contributed by atoms with E-state index in [2.05, 4.69) is 67.4 Å². The molecule has 0 aliphatic carbocycles. The Morgan fingerprint density at radius 2 is 1.07 bits per heavy atom. The molecule has 0 aliphatic heterocycles. The van der Waals surface area contributed by atoms with E-state index < -0.39 is 11.7 Å². The second kappa shape index (κ2) is 32.6. The van der Waals surface area contributed by atoms with E-state index in [0.29, 0.717) is 6.54 Å². The molecule has 0 aliphatic rings. The zero-order chi connectivity index (χ0) is 34.2. The van der Waals surface area contributed by atoms with Crippen LogP contribution in [0.2, 0.25) is 0 Å². The van der Waals surface area contributed by atoms with Crippen LogP contribution in [0.4, 0.5) is 13.2 Å². The van der Waals surface area contributed by atoms with E-state index in [9.17, 15) is 13.2 Å². The van der Waals surface area contributed by atoms with Crippen molar-refractivity contribution in [3.05, 3.63) is 52.8 Å². The number of benzene rings is 1. The van der Waals surface area contributed by atoms with Gasteiger partial charge in [-0.3, -0.25) is 4.68 Å². The van der Waals surface area contributed by atoms with Crippen molar-refractivity contribution < 1.29 is 13.2 Å². The molecule has 1 aromatic heterocycles. The summed E-state index contributed by atoms with van der Waals surface area (Å²) < 4.78 is 39.0. The van der Waals surface area contributed by atoms with Gasteiger partial charge in [-0.05, 0) is 43.5 Å². The minimum Gasteiger partial charge on any atom is -0.265 e. The Bertz CT molecular complexity index is 811. The van der Waals surface area contributed by atoms with Crippen LogP contribution in [0.3, 0.4) is 0 Å². The quantitative estimate of drug-likeness (QED) is 0.180. The maximum Gasteiger partial charge on any atom is 0.416 e. The lowest BCUT2D eigenvalue weighted by atomic mass is 10.0. The van der Waals surface area contributed by atoms with Gasteiger partial charge < -0.3 is 0 Å². The zero-order valence-electron chi connectivity index (χ0n) is 31.0. The Labute approximate surface area is 273 Å². The molecule has 5 heteroatoms. The summed E-state index contributed by atoms with van der Waals surface area (Å²) in [5, 5.41) is 4.27. The maximum absolute atomic E-state index is 12.4. The molecular formula is C39H73F3N2. The summed E-state index contributed by atoms with van der Waals surface area (Å²) in [6, 6.07) is 7.10. The summed E-state index contributed by atoms with van der Waals surface area (Å²) in [6.45, 7) is 24.4.